The van der Waals surface area contributed by atoms with Crippen molar-refractivity contribution < 1.29 is 0 Å². The van der Waals surface area contributed by atoms with Gasteiger partial charge < -0.3 is 5.73 Å². The third-order valence-corrected chi connectivity index (χ3v) is 3.84. The van der Waals surface area contributed by atoms with Crippen molar-refractivity contribution in [2.75, 3.05) is 0 Å². The molecule has 2 N–H and O–H groups in total. The Balaban J connectivity index is 2.45. The minimum Gasteiger partial charge on any atom is -0.319 e. The zero-order valence-electron chi connectivity index (χ0n) is 11.3. The molecule has 0 amide bonds. The van der Waals surface area contributed by atoms with E-state index in [2.05, 4.69) is 49.4 Å². The van der Waals surface area contributed by atoms with Gasteiger partial charge in [0.05, 0.1) is 16.6 Å². The van der Waals surface area contributed by atoms with Crippen molar-refractivity contribution in [1.82, 2.24) is 9.59 Å². The van der Waals surface area contributed by atoms with E-state index >= 15 is 0 Å². The van der Waals surface area contributed by atoms with Crippen LogP contribution in [0.5, 0.6) is 0 Å². The quantitative estimate of drug-likeness (QED) is 0.903. The van der Waals surface area contributed by atoms with Gasteiger partial charge in [-0.2, -0.15) is 0 Å². The molecule has 1 atom stereocenters. The molecule has 1 aromatic heterocycles. The van der Waals surface area contributed by atoms with Gasteiger partial charge in [-0.3, -0.25) is 0 Å². The molecule has 0 spiro atoms. The number of hydrogen-bond acceptors (Lipinski definition) is 4. The molecule has 0 aliphatic heterocycles. The molecule has 0 aliphatic carbocycles. The normalized spacial score (nSPS) is 13.6. The van der Waals surface area contributed by atoms with Gasteiger partial charge in [0.15, 0.2) is 0 Å². The molecule has 1 heterocycles. The first kappa shape index (κ1) is 13.2. The SMILES string of the molecule is Cc1ccccc1C(N)c1snnc1C(C)(C)C. The molecule has 1 aromatic carbocycles. The molecule has 1 unspecified atom stereocenters. The Kier molecular flexibility index (Phi) is 3.50. The minimum atomic E-state index is -0.138. The van der Waals surface area contributed by atoms with Crippen LogP contribution in [0.3, 0.4) is 0 Å². The van der Waals surface area contributed by atoms with Crippen LogP contribution >= 0.6 is 11.5 Å². The van der Waals surface area contributed by atoms with Crippen molar-refractivity contribution in [2.45, 2.75) is 39.2 Å². The van der Waals surface area contributed by atoms with Crippen molar-refractivity contribution in [3.63, 3.8) is 0 Å². The summed E-state index contributed by atoms with van der Waals surface area (Å²) < 4.78 is 4.08. The second-order valence-corrected chi connectivity index (χ2v) is 6.36. The van der Waals surface area contributed by atoms with Crippen molar-refractivity contribution in [3.05, 3.63) is 46.0 Å². The molecular formula is C14H19N3S. The first-order valence-corrected chi connectivity index (χ1v) is 6.82. The van der Waals surface area contributed by atoms with E-state index in [0.29, 0.717) is 0 Å². The van der Waals surface area contributed by atoms with Crippen LogP contribution in [0, 0.1) is 6.92 Å². The summed E-state index contributed by atoms with van der Waals surface area (Å²) in [5, 5.41) is 4.25. The van der Waals surface area contributed by atoms with E-state index in [-0.39, 0.29) is 11.5 Å². The van der Waals surface area contributed by atoms with Gasteiger partial charge in [-0.1, -0.05) is 49.5 Å². The molecule has 18 heavy (non-hydrogen) atoms. The molecule has 0 saturated carbocycles. The number of aromatic nitrogens is 2. The van der Waals surface area contributed by atoms with Crippen LogP contribution < -0.4 is 5.73 Å². The van der Waals surface area contributed by atoms with Crippen LogP contribution in [0.2, 0.25) is 0 Å². The van der Waals surface area contributed by atoms with E-state index in [4.69, 9.17) is 5.73 Å². The van der Waals surface area contributed by atoms with Crippen LogP contribution in [0.1, 0.15) is 48.5 Å². The van der Waals surface area contributed by atoms with Gasteiger partial charge in [-0.05, 0) is 29.6 Å². The highest BCUT2D eigenvalue weighted by molar-refractivity contribution is 7.05. The van der Waals surface area contributed by atoms with Crippen LogP contribution in [-0.2, 0) is 5.41 Å². The summed E-state index contributed by atoms with van der Waals surface area (Å²) in [5.74, 6) is 0. The second kappa shape index (κ2) is 4.78. The molecule has 3 nitrogen and oxygen atoms in total. The molecule has 2 aromatic rings. The summed E-state index contributed by atoms with van der Waals surface area (Å²) in [7, 11) is 0. The van der Waals surface area contributed by atoms with Gasteiger partial charge in [-0.25, -0.2) is 0 Å². The van der Waals surface area contributed by atoms with Gasteiger partial charge in [0, 0.05) is 5.41 Å². The number of nitrogens with two attached hydrogens (primary N) is 1. The van der Waals surface area contributed by atoms with Gasteiger partial charge in [0.25, 0.3) is 0 Å². The van der Waals surface area contributed by atoms with Crippen molar-refractivity contribution in [1.29, 1.82) is 0 Å². The average molecular weight is 261 g/mol. The van der Waals surface area contributed by atoms with E-state index in [1.54, 1.807) is 0 Å². The average Bonchev–Trinajstić information content (AvgIpc) is 2.77. The standard InChI is InChI=1S/C14H19N3S/c1-9-7-5-6-8-10(9)11(15)12-13(14(2,3)4)16-17-18-12/h5-8,11H,15H2,1-4H3. The Morgan fingerprint density at radius 3 is 2.50 bits per heavy atom. The molecule has 0 saturated heterocycles. The van der Waals surface area contributed by atoms with Crippen LogP contribution in [0.4, 0.5) is 0 Å². The first-order valence-electron chi connectivity index (χ1n) is 6.05. The molecule has 4 heteroatoms. The summed E-state index contributed by atoms with van der Waals surface area (Å²) in [5.41, 5.74) is 9.72. The number of hydrogen-bond donors (Lipinski definition) is 1. The van der Waals surface area contributed by atoms with Gasteiger partial charge in [0.1, 0.15) is 0 Å². The fourth-order valence-electron chi connectivity index (χ4n) is 2.00. The fourth-order valence-corrected chi connectivity index (χ4v) is 2.88. The van der Waals surface area contributed by atoms with E-state index in [1.807, 2.05) is 12.1 Å². The zero-order chi connectivity index (χ0) is 13.3. The lowest BCUT2D eigenvalue weighted by atomic mass is 9.88. The lowest BCUT2D eigenvalue weighted by Crippen LogP contribution is -2.20. The lowest BCUT2D eigenvalue weighted by molar-refractivity contribution is 0.556. The number of benzene rings is 1. The molecule has 0 aliphatic rings. The Labute approximate surface area is 112 Å². The molecule has 0 radical (unpaired) electrons. The third-order valence-electron chi connectivity index (χ3n) is 3.03. The largest absolute Gasteiger partial charge is 0.319 e. The van der Waals surface area contributed by atoms with Gasteiger partial charge in [-0.15, -0.1) is 5.10 Å². The minimum absolute atomic E-state index is 0.0252. The zero-order valence-corrected chi connectivity index (χ0v) is 12.1. The van der Waals surface area contributed by atoms with Crippen molar-refractivity contribution >= 4 is 11.5 Å². The maximum atomic E-state index is 6.39. The second-order valence-electron chi connectivity index (χ2n) is 5.57. The fraction of sp³-hybridized carbons (Fsp3) is 0.429. The van der Waals surface area contributed by atoms with E-state index in [0.717, 1.165) is 16.1 Å². The molecule has 0 bridgehead atoms. The summed E-state index contributed by atoms with van der Waals surface area (Å²) >= 11 is 1.40. The maximum Gasteiger partial charge on any atom is 0.0860 e. The predicted octanol–water partition coefficient (Wildman–Crippen LogP) is 3.19. The smallest absolute Gasteiger partial charge is 0.0860 e. The monoisotopic (exact) mass is 261 g/mol. The number of rotatable bonds is 2. The maximum absolute atomic E-state index is 6.39. The first-order chi connectivity index (χ1) is 8.41. The highest BCUT2D eigenvalue weighted by atomic mass is 32.1. The Morgan fingerprint density at radius 2 is 1.89 bits per heavy atom. The Bertz CT molecular complexity index is 540. The molecule has 96 valence electrons. The summed E-state index contributed by atoms with van der Waals surface area (Å²) in [4.78, 5) is 1.07. The van der Waals surface area contributed by atoms with Gasteiger partial charge in [0.2, 0.25) is 0 Å². The van der Waals surface area contributed by atoms with E-state index in [1.165, 1.54) is 17.1 Å². The summed E-state index contributed by atoms with van der Waals surface area (Å²) in [6, 6.07) is 8.07. The van der Waals surface area contributed by atoms with Crippen molar-refractivity contribution in [3.8, 4) is 0 Å². The van der Waals surface area contributed by atoms with E-state index in [9.17, 15) is 0 Å². The van der Waals surface area contributed by atoms with Gasteiger partial charge >= 0.3 is 0 Å². The topological polar surface area (TPSA) is 51.8 Å². The molecule has 2 rings (SSSR count). The number of nitrogens with zero attached hydrogens (tertiary/aromatic N) is 2. The third kappa shape index (κ3) is 2.44. The highest BCUT2D eigenvalue weighted by Gasteiger charge is 2.26. The van der Waals surface area contributed by atoms with Crippen molar-refractivity contribution in [2.24, 2.45) is 5.73 Å². The van der Waals surface area contributed by atoms with Crippen LogP contribution in [-0.4, -0.2) is 9.59 Å². The van der Waals surface area contributed by atoms with Crippen LogP contribution in [0.15, 0.2) is 24.3 Å². The lowest BCUT2D eigenvalue weighted by Gasteiger charge is -2.20. The highest BCUT2D eigenvalue weighted by Crippen LogP contribution is 2.33. The van der Waals surface area contributed by atoms with E-state index < -0.39 is 0 Å². The summed E-state index contributed by atoms with van der Waals surface area (Å²) in [6.07, 6.45) is 0. The Morgan fingerprint density at radius 1 is 1.22 bits per heavy atom. The predicted molar refractivity (Wildman–Crippen MR) is 75.8 cm³/mol. The summed E-state index contributed by atoms with van der Waals surface area (Å²) in [6.45, 7) is 8.49. The molecule has 0 fully saturated rings. The molecular weight excluding hydrogens is 242 g/mol. The van der Waals surface area contributed by atoms with Crippen LogP contribution in [0.25, 0.3) is 0 Å². The Hall–Kier alpha value is -1.26. The number of aryl methyl sites for hydroxylation is 1.